The molecule has 20 heavy (non-hydrogen) atoms. The lowest BCUT2D eigenvalue weighted by Gasteiger charge is -2.17. The van der Waals surface area contributed by atoms with Gasteiger partial charge in [-0.3, -0.25) is 4.98 Å². The number of benzene rings is 1. The molecule has 1 aromatic carbocycles. The molecular weight excluding hydrogens is 271 g/mol. The predicted octanol–water partition coefficient (Wildman–Crippen LogP) is 3.53. The number of nitrogens with one attached hydrogen (secondary N) is 1. The van der Waals surface area contributed by atoms with Crippen LogP contribution in [0.25, 0.3) is 0 Å². The number of likely N-dealkylation sites (N-methyl/N-ethyl adjacent to an activating group) is 1. The molecule has 4 heteroatoms. The lowest BCUT2D eigenvalue weighted by atomic mass is 10.1. The van der Waals surface area contributed by atoms with Gasteiger partial charge in [0.05, 0.1) is 0 Å². The van der Waals surface area contributed by atoms with Crippen LogP contribution in [0.5, 0.6) is 0 Å². The zero-order valence-corrected chi connectivity index (χ0v) is 12.4. The average molecular weight is 290 g/mol. The van der Waals surface area contributed by atoms with E-state index < -0.39 is 0 Å². The topological polar surface area (TPSA) is 24.9 Å². The van der Waals surface area contributed by atoms with Crippen LogP contribution in [-0.2, 0) is 6.42 Å². The maximum atomic E-state index is 13.6. The summed E-state index contributed by atoms with van der Waals surface area (Å²) in [6.45, 7) is 3.00. The van der Waals surface area contributed by atoms with E-state index in [1.165, 1.54) is 11.6 Å². The van der Waals surface area contributed by atoms with Crippen LogP contribution in [0, 0.1) is 5.82 Å². The molecule has 2 nitrogen and oxygen atoms in total. The third kappa shape index (κ3) is 4.62. The Bertz CT molecular complexity index is 519. The highest BCUT2D eigenvalue weighted by Gasteiger charge is 2.10. The monoisotopic (exact) mass is 290 g/mol. The predicted molar refractivity (Wildman–Crippen MR) is 82.5 cm³/mol. The second-order valence-corrected chi connectivity index (χ2v) is 5.62. The van der Waals surface area contributed by atoms with E-state index in [9.17, 15) is 4.39 Å². The Morgan fingerprint density at radius 1 is 1.20 bits per heavy atom. The molecule has 0 saturated carbocycles. The van der Waals surface area contributed by atoms with Gasteiger partial charge in [-0.15, -0.1) is 11.8 Å². The van der Waals surface area contributed by atoms with E-state index in [0.29, 0.717) is 10.9 Å². The van der Waals surface area contributed by atoms with Gasteiger partial charge in [0, 0.05) is 29.1 Å². The molecule has 1 heterocycles. The Morgan fingerprint density at radius 2 is 1.95 bits per heavy atom. The number of pyridine rings is 1. The van der Waals surface area contributed by atoms with E-state index in [1.807, 2.05) is 36.7 Å². The average Bonchev–Trinajstić information content (AvgIpc) is 2.47. The number of hydrogen-bond donors (Lipinski definition) is 1. The zero-order valence-electron chi connectivity index (χ0n) is 11.6. The molecule has 106 valence electrons. The summed E-state index contributed by atoms with van der Waals surface area (Å²) in [4.78, 5) is 4.74. The van der Waals surface area contributed by atoms with Crippen molar-refractivity contribution in [2.24, 2.45) is 0 Å². The maximum Gasteiger partial charge on any atom is 0.136 e. The van der Waals surface area contributed by atoms with Gasteiger partial charge in [-0.25, -0.2) is 4.39 Å². The Balaban J connectivity index is 1.94. The van der Waals surface area contributed by atoms with Gasteiger partial charge in [-0.05, 0) is 42.8 Å². The first-order valence-corrected chi connectivity index (χ1v) is 7.77. The summed E-state index contributed by atoms with van der Waals surface area (Å²) in [7, 11) is 0. The molecule has 0 radical (unpaired) electrons. The number of thioether (sulfide) groups is 1. The molecule has 0 saturated heterocycles. The molecule has 0 spiro atoms. The van der Waals surface area contributed by atoms with Gasteiger partial charge in [0.25, 0.3) is 0 Å². The molecule has 0 aliphatic rings. The van der Waals surface area contributed by atoms with Gasteiger partial charge in [0.2, 0.25) is 0 Å². The van der Waals surface area contributed by atoms with Crippen LogP contribution in [0.4, 0.5) is 4.39 Å². The largest absolute Gasteiger partial charge is 0.313 e. The highest BCUT2D eigenvalue weighted by Crippen LogP contribution is 2.22. The molecule has 1 unspecified atom stereocenters. The summed E-state index contributed by atoms with van der Waals surface area (Å²) in [6.07, 6.45) is 4.54. The summed E-state index contributed by atoms with van der Waals surface area (Å²) in [5.74, 6) is 0.702. The molecule has 2 rings (SSSR count). The second-order valence-electron chi connectivity index (χ2n) is 4.56. The van der Waals surface area contributed by atoms with E-state index in [0.717, 1.165) is 18.7 Å². The van der Waals surface area contributed by atoms with Gasteiger partial charge < -0.3 is 5.32 Å². The van der Waals surface area contributed by atoms with Crippen LogP contribution in [0.2, 0.25) is 0 Å². The standard InChI is InChI=1S/C16H19FN2S/c1-2-19-14(11-13-7-9-18-10-8-13)12-20-16-6-4-3-5-15(16)17/h3-10,14,19H,2,11-12H2,1H3. The van der Waals surface area contributed by atoms with Crippen molar-refractivity contribution in [2.75, 3.05) is 12.3 Å². The van der Waals surface area contributed by atoms with E-state index in [4.69, 9.17) is 0 Å². The van der Waals surface area contributed by atoms with Crippen molar-refractivity contribution in [3.8, 4) is 0 Å². The first-order chi connectivity index (χ1) is 9.79. The first-order valence-electron chi connectivity index (χ1n) is 6.79. The minimum absolute atomic E-state index is 0.142. The van der Waals surface area contributed by atoms with Crippen molar-refractivity contribution >= 4 is 11.8 Å². The highest BCUT2D eigenvalue weighted by molar-refractivity contribution is 7.99. The smallest absolute Gasteiger partial charge is 0.136 e. The fourth-order valence-corrected chi connectivity index (χ4v) is 3.03. The highest BCUT2D eigenvalue weighted by atomic mass is 32.2. The number of aromatic nitrogens is 1. The Labute approximate surface area is 123 Å². The van der Waals surface area contributed by atoms with E-state index in [1.54, 1.807) is 17.8 Å². The summed E-state index contributed by atoms with van der Waals surface area (Å²) >= 11 is 1.56. The van der Waals surface area contributed by atoms with Crippen LogP contribution in [0.1, 0.15) is 12.5 Å². The number of nitrogens with zero attached hydrogens (tertiary/aromatic N) is 1. The van der Waals surface area contributed by atoms with Crippen LogP contribution in [-0.4, -0.2) is 23.3 Å². The minimum Gasteiger partial charge on any atom is -0.313 e. The van der Waals surface area contributed by atoms with Crippen LogP contribution >= 0.6 is 11.8 Å². The normalized spacial score (nSPS) is 12.3. The van der Waals surface area contributed by atoms with Crippen molar-refractivity contribution in [1.29, 1.82) is 0 Å². The summed E-state index contributed by atoms with van der Waals surface area (Å²) in [5, 5.41) is 3.46. The van der Waals surface area contributed by atoms with Gasteiger partial charge >= 0.3 is 0 Å². The number of hydrogen-bond acceptors (Lipinski definition) is 3. The van der Waals surface area contributed by atoms with Crippen molar-refractivity contribution in [2.45, 2.75) is 24.3 Å². The first kappa shape index (κ1) is 15.0. The molecule has 0 aliphatic carbocycles. The van der Waals surface area contributed by atoms with Gasteiger partial charge in [-0.1, -0.05) is 19.1 Å². The van der Waals surface area contributed by atoms with E-state index in [2.05, 4.69) is 17.2 Å². The van der Waals surface area contributed by atoms with E-state index in [-0.39, 0.29) is 5.82 Å². The molecule has 0 amide bonds. The van der Waals surface area contributed by atoms with Gasteiger partial charge in [0.1, 0.15) is 5.82 Å². The summed E-state index contributed by atoms with van der Waals surface area (Å²) in [5.41, 5.74) is 1.25. The van der Waals surface area contributed by atoms with Crippen molar-refractivity contribution < 1.29 is 4.39 Å². The van der Waals surface area contributed by atoms with Crippen LogP contribution in [0.15, 0.2) is 53.7 Å². The molecule has 1 aromatic heterocycles. The van der Waals surface area contributed by atoms with Gasteiger partial charge in [0.15, 0.2) is 0 Å². The summed E-state index contributed by atoms with van der Waals surface area (Å²) < 4.78 is 13.6. The lowest BCUT2D eigenvalue weighted by molar-refractivity contribution is 0.570. The van der Waals surface area contributed by atoms with Gasteiger partial charge in [-0.2, -0.15) is 0 Å². The molecule has 0 bridgehead atoms. The molecule has 1 atom stereocenters. The molecule has 0 aliphatic heterocycles. The minimum atomic E-state index is -0.142. The summed E-state index contributed by atoms with van der Waals surface area (Å²) in [6, 6.07) is 11.3. The van der Waals surface area contributed by atoms with Crippen LogP contribution < -0.4 is 5.32 Å². The second kappa shape index (κ2) is 8.02. The molecule has 2 aromatic rings. The van der Waals surface area contributed by atoms with Crippen molar-refractivity contribution in [3.05, 3.63) is 60.2 Å². The zero-order chi connectivity index (χ0) is 14.2. The van der Waals surface area contributed by atoms with Crippen LogP contribution in [0.3, 0.4) is 0 Å². The maximum absolute atomic E-state index is 13.6. The third-order valence-electron chi connectivity index (χ3n) is 3.00. The van der Waals surface area contributed by atoms with Crippen molar-refractivity contribution in [1.82, 2.24) is 10.3 Å². The lowest BCUT2D eigenvalue weighted by Crippen LogP contribution is -2.33. The van der Waals surface area contributed by atoms with E-state index >= 15 is 0 Å². The number of rotatable bonds is 7. The fraction of sp³-hybridized carbons (Fsp3) is 0.312. The number of halogens is 1. The SMILES string of the molecule is CCNC(CSc1ccccc1F)Cc1ccncc1. The molecular formula is C16H19FN2S. The van der Waals surface area contributed by atoms with Crippen molar-refractivity contribution in [3.63, 3.8) is 0 Å². The quantitative estimate of drug-likeness (QED) is 0.790. The fourth-order valence-electron chi connectivity index (χ4n) is 2.03. The molecule has 0 fully saturated rings. The molecule has 1 N–H and O–H groups in total. The Kier molecular flexibility index (Phi) is 6.02. The Morgan fingerprint density at radius 3 is 2.65 bits per heavy atom. The Hall–Kier alpha value is -1.39. The third-order valence-corrected chi connectivity index (χ3v) is 4.21.